The zero-order chi connectivity index (χ0) is 17.8. The molecule has 2 aromatic rings. The van der Waals surface area contributed by atoms with Crippen LogP contribution in [-0.2, 0) is 18.9 Å². The van der Waals surface area contributed by atoms with Crippen molar-refractivity contribution >= 4 is 5.91 Å². The number of ether oxygens (including phenoxy) is 1. The standard InChI is InChI=1S/C20H25N3O2/c1-20(2)12-25-18-13(7-5-8-15(18)20)19(24)22(3)16-9-6-10-17-14(16)11-21-23(17)4/h5,7-8,11,16H,6,9-10,12H2,1-4H3/t16-/m1/s1. The molecular weight excluding hydrogens is 314 g/mol. The number of para-hydroxylation sites is 1. The van der Waals surface area contributed by atoms with Gasteiger partial charge in [0.15, 0.2) is 0 Å². The summed E-state index contributed by atoms with van der Waals surface area (Å²) in [5, 5.41) is 4.39. The molecular formula is C20H25N3O2. The van der Waals surface area contributed by atoms with Crippen LogP contribution in [0.3, 0.4) is 0 Å². The molecule has 132 valence electrons. The minimum Gasteiger partial charge on any atom is -0.492 e. The van der Waals surface area contributed by atoms with E-state index in [2.05, 4.69) is 25.0 Å². The van der Waals surface area contributed by atoms with Crippen molar-refractivity contribution in [1.29, 1.82) is 0 Å². The highest BCUT2D eigenvalue weighted by molar-refractivity contribution is 5.97. The van der Waals surface area contributed by atoms with Crippen LogP contribution in [0.2, 0.25) is 0 Å². The lowest BCUT2D eigenvalue weighted by Crippen LogP contribution is -2.33. The summed E-state index contributed by atoms with van der Waals surface area (Å²) in [6.07, 6.45) is 4.99. The Morgan fingerprint density at radius 3 is 3.00 bits per heavy atom. The van der Waals surface area contributed by atoms with Crippen LogP contribution in [0.4, 0.5) is 0 Å². The van der Waals surface area contributed by atoms with Crippen molar-refractivity contribution in [1.82, 2.24) is 14.7 Å². The molecule has 1 amide bonds. The average Bonchev–Trinajstić information content (AvgIpc) is 3.14. The van der Waals surface area contributed by atoms with Crippen LogP contribution >= 0.6 is 0 Å². The van der Waals surface area contributed by atoms with Gasteiger partial charge in [-0.3, -0.25) is 9.48 Å². The smallest absolute Gasteiger partial charge is 0.257 e. The molecule has 0 bridgehead atoms. The van der Waals surface area contributed by atoms with E-state index >= 15 is 0 Å². The maximum atomic E-state index is 13.2. The molecule has 1 aliphatic carbocycles. The van der Waals surface area contributed by atoms with E-state index in [0.29, 0.717) is 12.2 Å². The Morgan fingerprint density at radius 2 is 2.20 bits per heavy atom. The van der Waals surface area contributed by atoms with Crippen LogP contribution in [0, 0.1) is 0 Å². The van der Waals surface area contributed by atoms with Crippen molar-refractivity contribution < 1.29 is 9.53 Å². The summed E-state index contributed by atoms with van der Waals surface area (Å²) in [6, 6.07) is 5.99. The van der Waals surface area contributed by atoms with Crippen LogP contribution in [0.1, 0.15) is 59.9 Å². The number of benzene rings is 1. The number of amides is 1. The first-order chi connectivity index (χ1) is 11.9. The van der Waals surface area contributed by atoms with Crippen molar-refractivity contribution in [3.63, 3.8) is 0 Å². The number of nitrogens with zero attached hydrogens (tertiary/aromatic N) is 3. The van der Waals surface area contributed by atoms with Crippen LogP contribution in [0.25, 0.3) is 0 Å². The lowest BCUT2D eigenvalue weighted by Gasteiger charge is -2.32. The van der Waals surface area contributed by atoms with Gasteiger partial charge in [0, 0.05) is 36.3 Å². The van der Waals surface area contributed by atoms with Crippen LogP contribution in [-0.4, -0.2) is 34.2 Å². The predicted molar refractivity (Wildman–Crippen MR) is 95.9 cm³/mol. The zero-order valence-corrected chi connectivity index (χ0v) is 15.4. The first kappa shape index (κ1) is 16.2. The fourth-order valence-corrected chi connectivity index (χ4v) is 4.14. The molecule has 1 aromatic heterocycles. The Morgan fingerprint density at radius 1 is 1.40 bits per heavy atom. The summed E-state index contributed by atoms with van der Waals surface area (Å²) < 4.78 is 7.85. The SMILES string of the molecule is CN(C(=O)c1cccc2c1OCC2(C)C)[C@@H]1CCCc2c1cnn2C. The van der Waals surface area contributed by atoms with Crippen molar-refractivity contribution in [2.45, 2.75) is 44.6 Å². The van der Waals surface area contributed by atoms with Gasteiger partial charge in [-0.25, -0.2) is 0 Å². The Kier molecular flexibility index (Phi) is 3.63. The Hall–Kier alpha value is -2.30. The van der Waals surface area contributed by atoms with E-state index in [-0.39, 0.29) is 17.4 Å². The van der Waals surface area contributed by atoms with Crippen molar-refractivity contribution in [2.24, 2.45) is 7.05 Å². The molecule has 4 rings (SSSR count). The Bertz CT molecular complexity index is 837. The normalized spacial score (nSPS) is 20.6. The second-order valence-electron chi connectivity index (χ2n) is 7.85. The van der Waals surface area contributed by atoms with Gasteiger partial charge in [-0.05, 0) is 25.3 Å². The Labute approximate surface area is 148 Å². The number of carbonyl (C=O) groups excluding carboxylic acids is 1. The predicted octanol–water partition coefficient (Wildman–Crippen LogP) is 3.24. The third-order valence-electron chi connectivity index (χ3n) is 5.68. The minimum atomic E-state index is -0.0500. The third kappa shape index (κ3) is 2.44. The molecule has 1 aliphatic heterocycles. The van der Waals surface area contributed by atoms with E-state index < -0.39 is 0 Å². The maximum Gasteiger partial charge on any atom is 0.257 e. The van der Waals surface area contributed by atoms with Gasteiger partial charge in [0.1, 0.15) is 5.75 Å². The van der Waals surface area contributed by atoms with Crippen LogP contribution < -0.4 is 4.74 Å². The lowest BCUT2D eigenvalue weighted by molar-refractivity contribution is 0.0711. The van der Waals surface area contributed by atoms with Gasteiger partial charge in [0.25, 0.3) is 5.91 Å². The molecule has 2 aliphatic rings. The third-order valence-corrected chi connectivity index (χ3v) is 5.68. The summed E-state index contributed by atoms with van der Waals surface area (Å²) in [7, 11) is 3.87. The number of aromatic nitrogens is 2. The first-order valence-electron chi connectivity index (χ1n) is 8.94. The molecule has 1 aromatic carbocycles. The molecule has 0 saturated heterocycles. The number of rotatable bonds is 2. The molecule has 0 fully saturated rings. The van der Waals surface area contributed by atoms with E-state index in [4.69, 9.17) is 4.74 Å². The highest BCUT2D eigenvalue weighted by Gasteiger charge is 2.36. The molecule has 2 heterocycles. The van der Waals surface area contributed by atoms with Gasteiger partial charge in [-0.15, -0.1) is 0 Å². The van der Waals surface area contributed by atoms with Gasteiger partial charge < -0.3 is 9.64 Å². The van der Waals surface area contributed by atoms with Crippen molar-refractivity contribution in [2.75, 3.05) is 13.7 Å². The number of hydrogen-bond donors (Lipinski definition) is 0. The van der Waals surface area contributed by atoms with Gasteiger partial charge in [0.05, 0.1) is 24.4 Å². The number of aryl methyl sites for hydroxylation is 1. The van der Waals surface area contributed by atoms with Crippen molar-refractivity contribution in [3.05, 3.63) is 46.8 Å². The van der Waals surface area contributed by atoms with Crippen LogP contribution in [0.5, 0.6) is 5.75 Å². The second kappa shape index (κ2) is 5.61. The van der Waals surface area contributed by atoms with E-state index in [0.717, 1.165) is 30.6 Å². The van der Waals surface area contributed by atoms with Gasteiger partial charge in [-0.2, -0.15) is 5.10 Å². The summed E-state index contributed by atoms with van der Waals surface area (Å²) in [5.74, 6) is 0.780. The average molecular weight is 339 g/mol. The highest BCUT2D eigenvalue weighted by Crippen LogP contribution is 2.42. The fraction of sp³-hybridized carbons (Fsp3) is 0.500. The van der Waals surface area contributed by atoms with Gasteiger partial charge in [0.2, 0.25) is 0 Å². The quantitative estimate of drug-likeness (QED) is 0.844. The van der Waals surface area contributed by atoms with E-state index in [1.807, 2.05) is 42.0 Å². The van der Waals surface area contributed by atoms with Gasteiger partial charge in [-0.1, -0.05) is 26.0 Å². The van der Waals surface area contributed by atoms with Crippen molar-refractivity contribution in [3.8, 4) is 5.75 Å². The topological polar surface area (TPSA) is 47.4 Å². The number of hydrogen-bond acceptors (Lipinski definition) is 3. The summed E-state index contributed by atoms with van der Waals surface area (Å²) in [5.41, 5.74) is 4.16. The lowest BCUT2D eigenvalue weighted by atomic mass is 9.86. The summed E-state index contributed by atoms with van der Waals surface area (Å²) in [4.78, 5) is 15.1. The summed E-state index contributed by atoms with van der Waals surface area (Å²) >= 11 is 0. The summed E-state index contributed by atoms with van der Waals surface area (Å²) in [6.45, 7) is 4.92. The maximum absolute atomic E-state index is 13.2. The molecule has 1 atom stereocenters. The van der Waals surface area contributed by atoms with Crippen LogP contribution in [0.15, 0.2) is 24.4 Å². The minimum absolute atomic E-state index is 0.0243. The first-order valence-corrected chi connectivity index (χ1v) is 8.94. The Balaban J connectivity index is 1.68. The fourth-order valence-electron chi connectivity index (χ4n) is 4.14. The van der Waals surface area contributed by atoms with Gasteiger partial charge >= 0.3 is 0 Å². The second-order valence-corrected chi connectivity index (χ2v) is 7.85. The molecule has 25 heavy (non-hydrogen) atoms. The van der Waals surface area contributed by atoms with E-state index in [9.17, 15) is 4.79 Å². The molecule has 0 radical (unpaired) electrons. The molecule has 5 nitrogen and oxygen atoms in total. The van der Waals surface area contributed by atoms with E-state index in [1.165, 1.54) is 11.3 Å². The zero-order valence-electron chi connectivity index (χ0n) is 15.4. The van der Waals surface area contributed by atoms with E-state index in [1.54, 1.807) is 0 Å². The molecule has 0 N–H and O–H groups in total. The largest absolute Gasteiger partial charge is 0.492 e. The monoisotopic (exact) mass is 339 g/mol. The molecule has 5 heteroatoms. The molecule has 0 saturated carbocycles. The highest BCUT2D eigenvalue weighted by atomic mass is 16.5. The number of carbonyl (C=O) groups is 1. The number of fused-ring (bicyclic) bond motifs is 2. The molecule has 0 unspecified atom stereocenters. The molecule has 0 spiro atoms.